The number of amides is 11. The van der Waals surface area contributed by atoms with Crippen LogP contribution in [0.3, 0.4) is 0 Å². The number of benzene rings is 1. The first-order chi connectivity index (χ1) is 39.8. The molecule has 0 aliphatic heterocycles. The Morgan fingerprint density at radius 3 is 1.49 bits per heavy atom. The number of rotatable bonds is 34. The maximum absolute atomic E-state index is 15.1. The second-order valence-electron chi connectivity index (χ2n) is 24.9. The number of carbonyl (C=O) groups is 11. The van der Waals surface area contributed by atoms with E-state index in [4.69, 9.17) is 5.73 Å². The van der Waals surface area contributed by atoms with E-state index in [0.29, 0.717) is 6.42 Å². The number of hydrogen-bond donors (Lipinski definition) is 5. The highest BCUT2D eigenvalue weighted by molar-refractivity contribution is 5.98. The van der Waals surface area contributed by atoms with E-state index in [9.17, 15) is 48.3 Å². The summed E-state index contributed by atoms with van der Waals surface area (Å²) < 4.78 is 0. The zero-order valence-electron chi connectivity index (χ0n) is 55.7. The summed E-state index contributed by atoms with van der Waals surface area (Å²) >= 11 is 0. The minimum absolute atomic E-state index is 0.0420. The summed E-state index contributed by atoms with van der Waals surface area (Å²) in [6.45, 7) is 25.6. The van der Waals surface area contributed by atoms with Crippen molar-refractivity contribution in [3.8, 4) is 0 Å². The molecule has 0 bridgehead atoms. The van der Waals surface area contributed by atoms with Crippen LogP contribution in [0.5, 0.6) is 0 Å². The lowest BCUT2D eigenvalue weighted by molar-refractivity contribution is -0.157. The summed E-state index contributed by atoms with van der Waals surface area (Å²) in [6.07, 6.45) is 2.87. The summed E-state index contributed by atoms with van der Waals surface area (Å²) in [5.41, 5.74) is 6.49. The van der Waals surface area contributed by atoms with Crippen molar-refractivity contribution in [3.05, 3.63) is 48.0 Å². The Hall–Kier alpha value is -6.91. The van der Waals surface area contributed by atoms with Gasteiger partial charge in [-0.05, 0) is 88.5 Å². The lowest BCUT2D eigenvalue weighted by Crippen LogP contribution is -2.63. The highest BCUT2D eigenvalue weighted by Gasteiger charge is 2.45. The molecule has 1 rings (SSSR count). The normalized spacial score (nSPS) is 15.8. The van der Waals surface area contributed by atoms with Crippen molar-refractivity contribution in [2.45, 2.75) is 196 Å². The van der Waals surface area contributed by atoms with E-state index in [2.05, 4.69) is 16.0 Å². The standard InChI is InChI=1S/C63H107N11O12/c1-23-25-29-40(11)53(76)52(57(80)67-46(24-2)60(83)68(16)35-50(75)70(18)47(54(64)77)34-45-30-27-26-28-31-45)74(22)63(86)51(39(9)10)73(21)62(85)49(33-37(5)6)72(20)61(84)48(32-36(3)4)71(19)59(82)43(14)66-55(78)42(13)65-56(79)44(15)69(17)58(81)41(12)38(7)8/h23,25-28,30-31,36-44,46-49,51-53,76H,24,29,32-35H2,1-22H3,(H2,64,77)(H,65,79)(H,66,78)(H,67,80)/b25-23+/t40-,41+,42-,43+,44+,46+,47+,48+,49-,51-,52?,53+/m1/s1. The maximum atomic E-state index is 15.1. The Morgan fingerprint density at radius 2 is 1.02 bits per heavy atom. The Morgan fingerprint density at radius 1 is 0.535 bits per heavy atom. The average molecular weight is 1210 g/mol. The van der Waals surface area contributed by atoms with Crippen LogP contribution in [0.4, 0.5) is 0 Å². The molecule has 86 heavy (non-hydrogen) atoms. The first-order valence-corrected chi connectivity index (χ1v) is 30.2. The number of aliphatic hydroxyl groups is 1. The van der Waals surface area contributed by atoms with Gasteiger partial charge in [0, 0.05) is 61.7 Å². The fraction of sp³-hybridized carbons (Fsp3) is 0.698. The average Bonchev–Trinajstić information content (AvgIpc) is 2.89. The van der Waals surface area contributed by atoms with Crippen LogP contribution in [0.2, 0.25) is 0 Å². The maximum Gasteiger partial charge on any atom is 0.246 e. The number of carbonyl (C=O) groups excluding carboxylic acids is 11. The SMILES string of the molecule is C/C=C/C[C@@H](C)[C@H](O)C(C(=O)N[C@@H](CC)C(=O)N(C)CC(=O)N(C)[C@@H](Cc1ccccc1)C(N)=O)N(C)C(=O)[C@@H](C(C)C)N(C)C(=O)[C@@H](CC(C)C)N(C)C(=O)[C@H](CC(C)C)N(C)C(=O)[C@H](C)NC(=O)[C@@H](C)NC(=O)[C@H](C)N(C)C(=O)[C@@H](C)C(C)C. The first kappa shape index (κ1) is 77.1. The van der Waals surface area contributed by atoms with Crippen molar-refractivity contribution >= 4 is 65.0 Å². The Bertz CT molecular complexity index is 2490. The third-order valence-corrected chi connectivity index (χ3v) is 16.3. The number of primary amides is 1. The Balaban J connectivity index is 3.59. The molecule has 0 aliphatic carbocycles. The molecule has 0 aromatic heterocycles. The van der Waals surface area contributed by atoms with Gasteiger partial charge in [-0.15, -0.1) is 0 Å². The smallest absolute Gasteiger partial charge is 0.246 e. The van der Waals surface area contributed by atoms with Crippen LogP contribution >= 0.6 is 0 Å². The molecule has 0 saturated heterocycles. The summed E-state index contributed by atoms with van der Waals surface area (Å²) in [5.74, 6) is -8.71. The quantitative estimate of drug-likeness (QED) is 0.0623. The van der Waals surface area contributed by atoms with Gasteiger partial charge in [0.15, 0.2) is 0 Å². The molecule has 23 heteroatoms. The van der Waals surface area contributed by atoms with Crippen molar-refractivity contribution in [2.24, 2.45) is 41.2 Å². The van der Waals surface area contributed by atoms with Crippen LogP contribution in [-0.4, -0.2) is 221 Å². The van der Waals surface area contributed by atoms with E-state index in [-0.39, 0.29) is 55.3 Å². The monoisotopic (exact) mass is 1210 g/mol. The second-order valence-corrected chi connectivity index (χ2v) is 24.9. The van der Waals surface area contributed by atoms with E-state index >= 15 is 9.59 Å². The minimum Gasteiger partial charge on any atom is -0.390 e. The predicted octanol–water partition coefficient (Wildman–Crippen LogP) is 3.06. The number of likely N-dealkylation sites (N-methyl/N-ethyl adjacent to an activating group) is 7. The molecule has 12 atom stereocenters. The summed E-state index contributed by atoms with van der Waals surface area (Å²) in [6, 6.07) is -1.62. The van der Waals surface area contributed by atoms with Crippen LogP contribution in [0.15, 0.2) is 42.5 Å². The van der Waals surface area contributed by atoms with Gasteiger partial charge in [0.1, 0.15) is 54.4 Å². The molecule has 6 N–H and O–H groups in total. The molecule has 1 unspecified atom stereocenters. The van der Waals surface area contributed by atoms with Crippen molar-refractivity contribution in [3.63, 3.8) is 0 Å². The van der Waals surface area contributed by atoms with Gasteiger partial charge in [-0.3, -0.25) is 52.7 Å². The lowest BCUT2D eigenvalue weighted by atomic mass is 9.91. The van der Waals surface area contributed by atoms with E-state index < -0.39 is 138 Å². The second kappa shape index (κ2) is 35.7. The molecule has 0 saturated carbocycles. The highest BCUT2D eigenvalue weighted by Crippen LogP contribution is 2.25. The fourth-order valence-corrected chi connectivity index (χ4v) is 10.0. The molecule has 1 aromatic carbocycles. The molecule has 486 valence electrons. The third kappa shape index (κ3) is 21.8. The number of hydrogen-bond acceptors (Lipinski definition) is 12. The van der Waals surface area contributed by atoms with Gasteiger partial charge in [-0.25, -0.2) is 0 Å². The number of aliphatic hydroxyl groups excluding tert-OH is 1. The summed E-state index contributed by atoms with van der Waals surface area (Å²) in [5, 5.41) is 20.0. The van der Waals surface area contributed by atoms with Gasteiger partial charge in [-0.2, -0.15) is 0 Å². The van der Waals surface area contributed by atoms with Crippen molar-refractivity contribution in [1.82, 2.24) is 50.2 Å². The third-order valence-electron chi connectivity index (χ3n) is 16.3. The lowest BCUT2D eigenvalue weighted by Gasteiger charge is -2.41. The van der Waals surface area contributed by atoms with Crippen molar-refractivity contribution in [2.75, 3.05) is 55.9 Å². The summed E-state index contributed by atoms with van der Waals surface area (Å²) in [7, 11) is 9.97. The minimum atomic E-state index is -1.61. The van der Waals surface area contributed by atoms with Crippen LogP contribution in [0.1, 0.15) is 135 Å². The first-order valence-electron chi connectivity index (χ1n) is 30.2. The Labute approximate surface area is 512 Å². The molecule has 0 aliphatic rings. The molecule has 0 fully saturated rings. The van der Waals surface area contributed by atoms with Crippen LogP contribution < -0.4 is 21.7 Å². The zero-order valence-corrected chi connectivity index (χ0v) is 55.7. The Kier molecular flexibility index (Phi) is 32.0. The van der Waals surface area contributed by atoms with Crippen LogP contribution in [0, 0.1) is 35.5 Å². The van der Waals surface area contributed by atoms with Gasteiger partial charge in [0.2, 0.25) is 65.0 Å². The molecule has 11 amide bonds. The van der Waals surface area contributed by atoms with E-state index in [1.807, 2.05) is 47.6 Å². The number of nitrogens with zero attached hydrogens (tertiary/aromatic N) is 7. The zero-order chi connectivity index (χ0) is 66.5. The van der Waals surface area contributed by atoms with E-state index in [0.717, 1.165) is 15.4 Å². The number of nitrogens with one attached hydrogen (secondary N) is 3. The van der Waals surface area contributed by atoms with Crippen molar-refractivity contribution < 1.29 is 57.8 Å². The molecular formula is C63H107N11O12. The topological polar surface area (TPSA) is 293 Å². The molecule has 1 aromatic rings. The van der Waals surface area contributed by atoms with E-state index in [1.165, 1.54) is 87.7 Å². The largest absolute Gasteiger partial charge is 0.390 e. The molecule has 0 spiro atoms. The van der Waals surface area contributed by atoms with Gasteiger partial charge >= 0.3 is 0 Å². The number of allylic oxidation sites excluding steroid dienone is 2. The fourth-order valence-electron chi connectivity index (χ4n) is 10.0. The van der Waals surface area contributed by atoms with Crippen molar-refractivity contribution in [1.29, 1.82) is 0 Å². The van der Waals surface area contributed by atoms with Crippen LogP contribution in [-0.2, 0) is 59.2 Å². The van der Waals surface area contributed by atoms with Gasteiger partial charge < -0.3 is 61.1 Å². The molecule has 23 nitrogen and oxygen atoms in total. The van der Waals surface area contributed by atoms with E-state index in [1.54, 1.807) is 84.9 Å². The summed E-state index contributed by atoms with van der Waals surface area (Å²) in [4.78, 5) is 162. The van der Waals surface area contributed by atoms with Gasteiger partial charge in [-0.1, -0.05) is 119 Å². The van der Waals surface area contributed by atoms with Gasteiger partial charge in [0.05, 0.1) is 12.6 Å². The molecular weight excluding hydrogens is 1100 g/mol. The predicted molar refractivity (Wildman–Crippen MR) is 332 cm³/mol. The molecule has 0 radical (unpaired) electrons. The number of nitrogens with two attached hydrogens (primary N) is 1. The van der Waals surface area contributed by atoms with Crippen LogP contribution in [0.25, 0.3) is 0 Å². The highest BCUT2D eigenvalue weighted by atomic mass is 16.3. The molecule has 0 heterocycles. The van der Waals surface area contributed by atoms with Gasteiger partial charge in [0.25, 0.3) is 0 Å².